The maximum absolute atomic E-state index is 13.4. The first-order valence-corrected chi connectivity index (χ1v) is 6.87. The van der Waals surface area contributed by atoms with Crippen molar-refractivity contribution in [1.29, 1.82) is 0 Å². The van der Waals surface area contributed by atoms with E-state index < -0.39 is 5.82 Å². The number of hydrogen-bond acceptors (Lipinski definition) is 2. The predicted octanol–water partition coefficient (Wildman–Crippen LogP) is 4.79. The van der Waals surface area contributed by atoms with Crippen LogP contribution < -0.4 is 10.5 Å². The topological polar surface area (TPSA) is 35.2 Å². The summed E-state index contributed by atoms with van der Waals surface area (Å²) in [5, 5.41) is 2.54. The van der Waals surface area contributed by atoms with Crippen molar-refractivity contribution in [1.82, 2.24) is 0 Å². The molecule has 2 N–H and O–H groups in total. The second kappa shape index (κ2) is 5.62. The fraction of sp³-hybridized carbons (Fsp3) is 0.0588. The zero-order chi connectivity index (χ0) is 14.8. The summed E-state index contributed by atoms with van der Waals surface area (Å²) in [4.78, 5) is 0. The Hall–Kier alpha value is -2.26. The van der Waals surface area contributed by atoms with Crippen LogP contribution >= 0.6 is 11.6 Å². The van der Waals surface area contributed by atoms with Crippen molar-refractivity contribution in [3.63, 3.8) is 0 Å². The Balaban J connectivity index is 1.88. The molecule has 0 aliphatic heterocycles. The number of nitrogen functional groups attached to an aromatic ring is 1. The Morgan fingerprint density at radius 2 is 1.76 bits per heavy atom. The van der Waals surface area contributed by atoms with Crippen molar-refractivity contribution in [2.24, 2.45) is 0 Å². The lowest BCUT2D eigenvalue weighted by Crippen LogP contribution is -1.98. The van der Waals surface area contributed by atoms with Crippen LogP contribution in [0.2, 0.25) is 5.02 Å². The molecule has 0 spiro atoms. The minimum atomic E-state index is -0.433. The molecule has 0 aliphatic rings. The Labute approximate surface area is 126 Å². The van der Waals surface area contributed by atoms with Crippen molar-refractivity contribution in [2.45, 2.75) is 6.61 Å². The van der Waals surface area contributed by atoms with Gasteiger partial charge in [0.05, 0.1) is 5.69 Å². The van der Waals surface area contributed by atoms with Crippen molar-refractivity contribution in [2.75, 3.05) is 5.73 Å². The largest absolute Gasteiger partial charge is 0.488 e. The summed E-state index contributed by atoms with van der Waals surface area (Å²) >= 11 is 6.17. The molecule has 3 aromatic rings. The summed E-state index contributed by atoms with van der Waals surface area (Å²) in [6, 6.07) is 16.0. The second-order valence-electron chi connectivity index (χ2n) is 4.74. The minimum Gasteiger partial charge on any atom is -0.488 e. The highest BCUT2D eigenvalue weighted by molar-refractivity contribution is 6.35. The molecule has 0 radical (unpaired) electrons. The lowest BCUT2D eigenvalue weighted by Gasteiger charge is -2.11. The number of halogens is 2. The van der Waals surface area contributed by atoms with Crippen LogP contribution in [0, 0.1) is 5.82 Å². The number of hydrogen-bond donors (Lipinski definition) is 1. The van der Waals surface area contributed by atoms with Gasteiger partial charge in [-0.15, -0.1) is 0 Å². The summed E-state index contributed by atoms with van der Waals surface area (Å²) in [6.07, 6.45) is 0. The maximum Gasteiger partial charge on any atom is 0.146 e. The van der Waals surface area contributed by atoms with E-state index in [2.05, 4.69) is 0 Å². The van der Waals surface area contributed by atoms with Crippen LogP contribution in [0.25, 0.3) is 10.8 Å². The van der Waals surface area contributed by atoms with Gasteiger partial charge in [-0.1, -0.05) is 41.9 Å². The molecule has 0 saturated heterocycles. The predicted molar refractivity (Wildman–Crippen MR) is 84.1 cm³/mol. The highest BCUT2D eigenvalue weighted by Crippen LogP contribution is 2.31. The molecule has 0 unspecified atom stereocenters. The van der Waals surface area contributed by atoms with Gasteiger partial charge in [0.15, 0.2) is 0 Å². The summed E-state index contributed by atoms with van der Waals surface area (Å²) in [5.41, 5.74) is 6.31. The summed E-state index contributed by atoms with van der Waals surface area (Å²) in [7, 11) is 0. The van der Waals surface area contributed by atoms with E-state index in [1.165, 1.54) is 12.1 Å². The first kappa shape index (κ1) is 13.7. The van der Waals surface area contributed by atoms with Gasteiger partial charge in [0.2, 0.25) is 0 Å². The third kappa shape index (κ3) is 2.78. The number of nitrogens with two attached hydrogens (primary N) is 1. The Bertz CT molecular complexity index is 804. The van der Waals surface area contributed by atoms with Crippen LogP contribution in [0.5, 0.6) is 5.75 Å². The first-order chi connectivity index (χ1) is 10.1. The molecule has 4 heteroatoms. The second-order valence-corrected chi connectivity index (χ2v) is 5.14. The Morgan fingerprint density at radius 1 is 1.00 bits per heavy atom. The molecular weight excluding hydrogens is 289 g/mol. The van der Waals surface area contributed by atoms with Gasteiger partial charge in [0.1, 0.15) is 18.2 Å². The van der Waals surface area contributed by atoms with Crippen molar-refractivity contribution in [3.05, 3.63) is 71.0 Å². The van der Waals surface area contributed by atoms with Gasteiger partial charge in [-0.05, 0) is 29.8 Å². The maximum atomic E-state index is 13.4. The van der Waals surface area contributed by atoms with Crippen LogP contribution in [-0.2, 0) is 6.61 Å². The molecule has 0 atom stereocenters. The van der Waals surface area contributed by atoms with E-state index in [0.29, 0.717) is 10.8 Å². The van der Waals surface area contributed by atoms with Crippen LogP contribution in [0.3, 0.4) is 0 Å². The Kier molecular flexibility index (Phi) is 3.67. The van der Waals surface area contributed by atoms with Gasteiger partial charge in [-0.25, -0.2) is 4.39 Å². The molecular formula is C17H13ClFNO. The molecule has 0 saturated carbocycles. The smallest absolute Gasteiger partial charge is 0.146 e. The van der Waals surface area contributed by atoms with Crippen molar-refractivity contribution < 1.29 is 9.13 Å². The van der Waals surface area contributed by atoms with Gasteiger partial charge < -0.3 is 10.5 Å². The van der Waals surface area contributed by atoms with Crippen LogP contribution in [0.1, 0.15) is 5.56 Å². The molecule has 0 aromatic heterocycles. The molecule has 3 aromatic carbocycles. The average molecular weight is 302 g/mol. The van der Waals surface area contributed by atoms with E-state index in [1.54, 1.807) is 12.1 Å². The fourth-order valence-electron chi connectivity index (χ4n) is 2.18. The molecule has 0 aliphatic carbocycles. The standard InChI is InChI=1S/C17H13ClFNO/c18-14-6-8-17(13-4-2-1-3-12(13)14)21-10-11-5-7-16(20)15(19)9-11/h1-9H,10,20H2. The van der Waals surface area contributed by atoms with Crippen LogP contribution in [0.4, 0.5) is 10.1 Å². The van der Waals surface area contributed by atoms with Crippen molar-refractivity contribution in [3.8, 4) is 5.75 Å². The number of ether oxygens (including phenoxy) is 1. The Morgan fingerprint density at radius 3 is 2.52 bits per heavy atom. The summed E-state index contributed by atoms with van der Waals surface area (Å²) < 4.78 is 19.2. The molecule has 106 valence electrons. The number of benzene rings is 3. The zero-order valence-electron chi connectivity index (χ0n) is 11.1. The zero-order valence-corrected chi connectivity index (χ0v) is 11.9. The fourth-order valence-corrected chi connectivity index (χ4v) is 2.41. The van der Waals surface area contributed by atoms with Gasteiger partial charge in [-0.2, -0.15) is 0 Å². The van der Waals surface area contributed by atoms with E-state index >= 15 is 0 Å². The van der Waals surface area contributed by atoms with Gasteiger partial charge in [0.25, 0.3) is 0 Å². The van der Waals surface area contributed by atoms with Gasteiger partial charge >= 0.3 is 0 Å². The molecule has 0 fully saturated rings. The number of anilines is 1. The minimum absolute atomic E-state index is 0.135. The van der Waals surface area contributed by atoms with E-state index in [-0.39, 0.29) is 12.3 Å². The summed E-state index contributed by atoms with van der Waals surface area (Å²) in [6.45, 7) is 0.267. The highest BCUT2D eigenvalue weighted by atomic mass is 35.5. The lowest BCUT2D eigenvalue weighted by molar-refractivity contribution is 0.309. The van der Waals surface area contributed by atoms with Gasteiger partial charge in [0, 0.05) is 15.8 Å². The molecule has 0 heterocycles. The average Bonchev–Trinajstić information content (AvgIpc) is 2.50. The first-order valence-electron chi connectivity index (χ1n) is 6.49. The van der Waals surface area contributed by atoms with Crippen LogP contribution in [0.15, 0.2) is 54.6 Å². The monoisotopic (exact) mass is 301 g/mol. The summed E-state index contributed by atoms with van der Waals surface area (Å²) in [5.74, 6) is 0.282. The SMILES string of the molecule is Nc1ccc(COc2ccc(Cl)c3ccccc23)cc1F. The van der Waals surface area contributed by atoms with E-state index in [0.717, 1.165) is 16.3 Å². The number of fused-ring (bicyclic) bond motifs is 1. The molecule has 0 bridgehead atoms. The molecule has 3 rings (SSSR count). The molecule has 21 heavy (non-hydrogen) atoms. The van der Waals surface area contributed by atoms with E-state index in [9.17, 15) is 4.39 Å². The van der Waals surface area contributed by atoms with Crippen molar-refractivity contribution >= 4 is 28.1 Å². The van der Waals surface area contributed by atoms with E-state index in [1.807, 2.05) is 30.3 Å². The third-order valence-electron chi connectivity index (χ3n) is 3.29. The van der Waals surface area contributed by atoms with Crippen LogP contribution in [-0.4, -0.2) is 0 Å². The van der Waals surface area contributed by atoms with E-state index in [4.69, 9.17) is 22.1 Å². The number of rotatable bonds is 3. The third-order valence-corrected chi connectivity index (χ3v) is 3.62. The lowest BCUT2D eigenvalue weighted by atomic mass is 10.1. The normalized spacial score (nSPS) is 10.8. The highest BCUT2D eigenvalue weighted by Gasteiger charge is 2.06. The molecule has 0 amide bonds. The quantitative estimate of drug-likeness (QED) is 0.706. The molecule has 2 nitrogen and oxygen atoms in total. The van der Waals surface area contributed by atoms with Gasteiger partial charge in [-0.3, -0.25) is 0 Å².